The molecule has 0 spiro atoms. The van der Waals surface area contributed by atoms with Crippen molar-refractivity contribution in [3.05, 3.63) is 139 Å². The van der Waals surface area contributed by atoms with Crippen molar-refractivity contribution < 1.29 is 4.74 Å². The highest BCUT2D eigenvalue weighted by molar-refractivity contribution is 6.11. The average Bonchev–Trinajstić information content (AvgIpc) is 3.29. The normalized spacial score (nSPS) is 12.0. The number of benzene rings is 5. The zero-order valence-electron chi connectivity index (χ0n) is 22.1. The summed E-state index contributed by atoms with van der Waals surface area (Å²) in [4.78, 5) is 8.24. The number of aromatic nitrogens is 2. The van der Waals surface area contributed by atoms with Crippen LogP contribution >= 0.6 is 0 Å². The number of aromatic amines is 1. The lowest BCUT2D eigenvalue weighted by molar-refractivity contribution is 0.485. The molecule has 0 fully saturated rings. The summed E-state index contributed by atoms with van der Waals surface area (Å²) in [6.45, 7) is 0. The van der Waals surface area contributed by atoms with E-state index in [4.69, 9.17) is 4.74 Å². The van der Waals surface area contributed by atoms with Gasteiger partial charge in [-0.3, -0.25) is 4.98 Å². The Morgan fingerprint density at radius 1 is 0.585 bits per heavy atom. The van der Waals surface area contributed by atoms with E-state index in [9.17, 15) is 0 Å². The third-order valence-corrected chi connectivity index (χ3v) is 7.70. The summed E-state index contributed by atoms with van der Waals surface area (Å²) in [7, 11) is 0. The predicted octanol–water partition coefficient (Wildman–Crippen LogP) is 10.1. The van der Waals surface area contributed by atoms with Crippen LogP contribution in [0, 0.1) is 0 Å². The van der Waals surface area contributed by atoms with Crippen LogP contribution in [0.1, 0.15) is 11.1 Å². The second-order valence-electron chi connectivity index (χ2n) is 10.2. The van der Waals surface area contributed by atoms with Crippen molar-refractivity contribution in [2.75, 3.05) is 5.32 Å². The minimum Gasteiger partial charge on any atom is -0.455 e. The Kier molecular flexibility index (Phi) is 5.42. The zero-order chi connectivity index (χ0) is 27.2. The summed E-state index contributed by atoms with van der Waals surface area (Å²) >= 11 is 0. The topological polar surface area (TPSA) is 49.9 Å². The Morgan fingerprint density at radius 3 is 2.24 bits per heavy atom. The number of nitrogens with zero attached hydrogens (tertiary/aromatic N) is 1. The highest BCUT2D eigenvalue weighted by atomic mass is 16.5. The van der Waals surface area contributed by atoms with E-state index in [1.165, 1.54) is 10.8 Å². The van der Waals surface area contributed by atoms with Gasteiger partial charge in [-0.2, -0.15) is 0 Å². The van der Waals surface area contributed by atoms with Crippen LogP contribution in [0.3, 0.4) is 0 Å². The highest BCUT2D eigenvalue weighted by Gasteiger charge is 2.18. The van der Waals surface area contributed by atoms with Gasteiger partial charge in [-0.25, -0.2) is 0 Å². The molecule has 7 aromatic rings. The number of para-hydroxylation sites is 4. The first-order chi connectivity index (χ1) is 20.3. The maximum atomic E-state index is 6.60. The molecule has 4 heteroatoms. The number of fused-ring (bicyclic) bond motifs is 5. The Morgan fingerprint density at radius 2 is 1.34 bits per heavy atom. The van der Waals surface area contributed by atoms with Gasteiger partial charge in [0, 0.05) is 39.2 Å². The number of hydrogen-bond donors (Lipinski definition) is 2. The minimum absolute atomic E-state index is 0.761. The van der Waals surface area contributed by atoms with Crippen molar-refractivity contribution in [3.8, 4) is 33.9 Å². The average molecular weight is 528 g/mol. The van der Waals surface area contributed by atoms with E-state index in [-0.39, 0.29) is 0 Å². The lowest BCUT2D eigenvalue weighted by atomic mass is 10.0. The van der Waals surface area contributed by atoms with E-state index in [2.05, 4.69) is 112 Å². The molecule has 1 aliphatic rings. The molecule has 0 radical (unpaired) electrons. The van der Waals surface area contributed by atoms with Crippen LogP contribution in [-0.4, -0.2) is 9.97 Å². The molecule has 2 aromatic heterocycles. The van der Waals surface area contributed by atoms with E-state index in [1.54, 1.807) is 0 Å². The van der Waals surface area contributed by atoms with E-state index >= 15 is 0 Å². The summed E-state index contributed by atoms with van der Waals surface area (Å²) in [5, 5.41) is 6.16. The molecule has 1 aliphatic heterocycles. The first kappa shape index (κ1) is 23.3. The lowest BCUT2D eigenvalue weighted by Crippen LogP contribution is -1.99. The SMILES string of the molecule is C1=Cc2cccc(-c3ccccn3)c2Nc2c1cccc2Oc1cccc(-c2cccc3c2[nH]c2ccccc23)c1. The lowest BCUT2D eigenvalue weighted by Gasteiger charge is -2.18. The number of pyridine rings is 1. The van der Waals surface area contributed by atoms with Crippen molar-refractivity contribution >= 4 is 45.3 Å². The second-order valence-corrected chi connectivity index (χ2v) is 10.2. The number of nitrogens with one attached hydrogen (secondary N) is 2. The van der Waals surface area contributed by atoms with Gasteiger partial charge in [0.25, 0.3) is 0 Å². The zero-order valence-corrected chi connectivity index (χ0v) is 22.1. The fraction of sp³-hybridized carbons (Fsp3) is 0. The Hall–Kier alpha value is -5.61. The summed E-state index contributed by atoms with van der Waals surface area (Å²) in [6, 6.07) is 41.6. The maximum Gasteiger partial charge on any atom is 0.151 e. The molecule has 41 heavy (non-hydrogen) atoms. The molecule has 2 N–H and O–H groups in total. The van der Waals surface area contributed by atoms with E-state index < -0.39 is 0 Å². The van der Waals surface area contributed by atoms with Crippen molar-refractivity contribution in [1.82, 2.24) is 9.97 Å². The molecule has 0 bridgehead atoms. The van der Waals surface area contributed by atoms with E-state index in [0.717, 1.165) is 67.4 Å². The quantitative estimate of drug-likeness (QED) is 0.239. The fourth-order valence-corrected chi connectivity index (χ4v) is 5.76. The fourth-order valence-electron chi connectivity index (χ4n) is 5.76. The molecule has 0 saturated heterocycles. The van der Waals surface area contributed by atoms with Gasteiger partial charge in [0.05, 0.1) is 22.6 Å². The summed E-state index contributed by atoms with van der Waals surface area (Å²) in [6.07, 6.45) is 6.11. The molecule has 0 aliphatic carbocycles. The Labute approximate surface area is 237 Å². The van der Waals surface area contributed by atoms with Crippen LogP contribution in [0.25, 0.3) is 56.3 Å². The maximum absolute atomic E-state index is 6.60. The van der Waals surface area contributed by atoms with Gasteiger partial charge < -0.3 is 15.0 Å². The monoisotopic (exact) mass is 527 g/mol. The predicted molar refractivity (Wildman–Crippen MR) is 170 cm³/mol. The molecule has 5 aromatic carbocycles. The summed E-state index contributed by atoms with van der Waals surface area (Å²) < 4.78 is 6.60. The number of hydrogen-bond acceptors (Lipinski definition) is 3. The van der Waals surface area contributed by atoms with Crippen LogP contribution < -0.4 is 10.1 Å². The van der Waals surface area contributed by atoms with Crippen LogP contribution in [-0.2, 0) is 0 Å². The molecule has 0 amide bonds. The molecule has 3 heterocycles. The smallest absolute Gasteiger partial charge is 0.151 e. The molecule has 4 nitrogen and oxygen atoms in total. The van der Waals surface area contributed by atoms with Gasteiger partial charge in [-0.1, -0.05) is 97.1 Å². The van der Waals surface area contributed by atoms with Gasteiger partial charge in [-0.15, -0.1) is 0 Å². The Bertz CT molecular complexity index is 2110. The van der Waals surface area contributed by atoms with Crippen molar-refractivity contribution in [1.29, 1.82) is 0 Å². The minimum atomic E-state index is 0.761. The molecular weight excluding hydrogens is 502 g/mol. The third-order valence-electron chi connectivity index (χ3n) is 7.70. The second kappa shape index (κ2) is 9.54. The van der Waals surface area contributed by atoms with Crippen molar-refractivity contribution in [2.24, 2.45) is 0 Å². The summed E-state index contributed by atoms with van der Waals surface area (Å²) in [5.74, 6) is 1.54. The molecule has 8 rings (SSSR count). The van der Waals surface area contributed by atoms with Crippen molar-refractivity contribution in [2.45, 2.75) is 0 Å². The largest absolute Gasteiger partial charge is 0.455 e. The number of anilines is 2. The van der Waals surface area contributed by atoms with Gasteiger partial charge in [-0.05, 0) is 47.5 Å². The number of H-pyrrole nitrogens is 1. The third kappa shape index (κ3) is 4.05. The van der Waals surface area contributed by atoms with Crippen LogP contribution in [0.5, 0.6) is 11.5 Å². The van der Waals surface area contributed by atoms with Gasteiger partial charge in [0.15, 0.2) is 5.75 Å². The highest BCUT2D eigenvalue weighted by Crippen LogP contribution is 2.43. The molecular formula is C37H25N3O. The standard InChI is InChI=1S/C37H25N3O/c1-2-18-33-29(13-1)30-15-8-14-28(37(30)39-33)26-11-5-12-27(23-26)41-34-19-7-10-25-21-20-24-9-6-16-31(35(24)40-36(25)34)32-17-3-4-22-38-32/h1-23,39-40H. The molecule has 0 unspecified atom stereocenters. The van der Waals surface area contributed by atoms with Crippen LogP contribution in [0.15, 0.2) is 128 Å². The van der Waals surface area contributed by atoms with E-state index in [0.29, 0.717) is 0 Å². The van der Waals surface area contributed by atoms with Crippen LogP contribution in [0.2, 0.25) is 0 Å². The van der Waals surface area contributed by atoms with Gasteiger partial charge >= 0.3 is 0 Å². The van der Waals surface area contributed by atoms with Crippen molar-refractivity contribution in [3.63, 3.8) is 0 Å². The van der Waals surface area contributed by atoms with Gasteiger partial charge in [0.2, 0.25) is 0 Å². The molecule has 194 valence electrons. The summed E-state index contributed by atoms with van der Waals surface area (Å²) in [5.41, 5.74) is 10.6. The first-order valence-corrected chi connectivity index (χ1v) is 13.7. The van der Waals surface area contributed by atoms with Gasteiger partial charge in [0.1, 0.15) is 5.75 Å². The van der Waals surface area contributed by atoms with E-state index in [1.807, 2.05) is 42.6 Å². The Balaban J connectivity index is 1.19. The first-order valence-electron chi connectivity index (χ1n) is 13.7. The number of rotatable bonds is 4. The number of ether oxygens (including phenoxy) is 1. The molecule has 0 saturated carbocycles. The van der Waals surface area contributed by atoms with Crippen LogP contribution in [0.4, 0.5) is 11.4 Å². The molecule has 0 atom stereocenters.